The second-order valence-corrected chi connectivity index (χ2v) is 7.23. The number of hydrogen-bond acceptors (Lipinski definition) is 3. The zero-order valence-corrected chi connectivity index (χ0v) is 19.1. The van der Waals surface area contributed by atoms with Crippen molar-refractivity contribution in [2.24, 2.45) is 4.99 Å². The first-order chi connectivity index (χ1) is 11.5. The van der Waals surface area contributed by atoms with Gasteiger partial charge in [0.15, 0.2) is 5.96 Å². The van der Waals surface area contributed by atoms with Gasteiger partial charge in [-0.05, 0) is 48.6 Å². The average molecular weight is 537 g/mol. The van der Waals surface area contributed by atoms with E-state index in [9.17, 15) is 4.79 Å². The first kappa shape index (κ1) is 21.9. The highest BCUT2D eigenvalue weighted by molar-refractivity contribution is 14.0. The van der Waals surface area contributed by atoms with Crippen molar-refractivity contribution in [3.05, 3.63) is 50.1 Å². The van der Waals surface area contributed by atoms with Crippen molar-refractivity contribution < 1.29 is 4.79 Å². The van der Waals surface area contributed by atoms with Crippen molar-refractivity contribution in [1.29, 1.82) is 0 Å². The van der Waals surface area contributed by atoms with Gasteiger partial charge in [0.05, 0.1) is 13.1 Å². The molecule has 8 heteroatoms. The van der Waals surface area contributed by atoms with Gasteiger partial charge in [0.25, 0.3) is 0 Å². The monoisotopic (exact) mass is 536 g/mol. The number of aliphatic imine (C=N–C) groups is 1. The van der Waals surface area contributed by atoms with Gasteiger partial charge in [0, 0.05) is 22.1 Å². The molecule has 1 heterocycles. The van der Waals surface area contributed by atoms with E-state index in [2.05, 4.69) is 55.2 Å². The van der Waals surface area contributed by atoms with E-state index in [1.807, 2.05) is 25.1 Å². The molecule has 0 aliphatic rings. The number of nitrogens with zero attached hydrogens (tertiary/aromatic N) is 1. The predicted octanol–water partition coefficient (Wildman–Crippen LogP) is 4.05. The van der Waals surface area contributed by atoms with E-state index in [1.54, 1.807) is 18.4 Å². The molecular weight excluding hydrogens is 515 g/mol. The molecule has 136 valence electrons. The van der Waals surface area contributed by atoms with Gasteiger partial charge in [0.1, 0.15) is 0 Å². The van der Waals surface area contributed by atoms with Gasteiger partial charge in [-0.15, -0.1) is 35.3 Å². The first-order valence-electron chi connectivity index (χ1n) is 7.53. The van der Waals surface area contributed by atoms with Crippen LogP contribution in [0.1, 0.15) is 16.0 Å². The molecule has 0 atom stereocenters. The first-order valence-corrected chi connectivity index (χ1v) is 9.20. The van der Waals surface area contributed by atoms with Crippen LogP contribution in [0.25, 0.3) is 0 Å². The van der Waals surface area contributed by atoms with E-state index in [1.165, 1.54) is 10.4 Å². The summed E-state index contributed by atoms with van der Waals surface area (Å²) in [5.41, 5.74) is 3.07. The Morgan fingerprint density at radius 3 is 2.60 bits per heavy atom. The lowest BCUT2D eigenvalue weighted by molar-refractivity contribution is -0.115. The van der Waals surface area contributed by atoms with Crippen LogP contribution >= 0.6 is 51.2 Å². The molecule has 5 nitrogen and oxygen atoms in total. The minimum Gasteiger partial charge on any atom is -0.352 e. The van der Waals surface area contributed by atoms with Gasteiger partial charge < -0.3 is 16.0 Å². The Morgan fingerprint density at radius 2 is 1.96 bits per heavy atom. The third-order valence-electron chi connectivity index (χ3n) is 3.50. The normalized spacial score (nSPS) is 10.8. The summed E-state index contributed by atoms with van der Waals surface area (Å²) in [4.78, 5) is 17.5. The predicted molar refractivity (Wildman–Crippen MR) is 120 cm³/mol. The van der Waals surface area contributed by atoms with Crippen LogP contribution < -0.4 is 16.0 Å². The van der Waals surface area contributed by atoms with E-state index in [0.717, 1.165) is 15.7 Å². The molecule has 1 aromatic carbocycles. The lowest BCUT2D eigenvalue weighted by Crippen LogP contribution is -2.41. The van der Waals surface area contributed by atoms with Crippen LogP contribution in [-0.2, 0) is 11.3 Å². The van der Waals surface area contributed by atoms with E-state index < -0.39 is 0 Å². The number of amides is 1. The largest absolute Gasteiger partial charge is 0.352 e. The van der Waals surface area contributed by atoms with Gasteiger partial charge >= 0.3 is 0 Å². The molecule has 0 spiro atoms. The molecule has 2 aromatic rings. The van der Waals surface area contributed by atoms with Crippen molar-refractivity contribution in [1.82, 2.24) is 10.6 Å². The van der Waals surface area contributed by atoms with Gasteiger partial charge in [0.2, 0.25) is 5.91 Å². The van der Waals surface area contributed by atoms with E-state index in [-0.39, 0.29) is 36.4 Å². The van der Waals surface area contributed by atoms with Crippen molar-refractivity contribution in [3.63, 3.8) is 0 Å². The van der Waals surface area contributed by atoms with E-state index >= 15 is 0 Å². The minimum atomic E-state index is -0.119. The molecule has 1 amide bonds. The van der Waals surface area contributed by atoms with Crippen LogP contribution in [0.5, 0.6) is 0 Å². The third kappa shape index (κ3) is 6.95. The smallest absolute Gasteiger partial charge is 0.243 e. The van der Waals surface area contributed by atoms with Crippen LogP contribution in [0.2, 0.25) is 0 Å². The van der Waals surface area contributed by atoms with Crippen LogP contribution in [0.15, 0.2) is 39.1 Å². The summed E-state index contributed by atoms with van der Waals surface area (Å²) in [5.74, 6) is 0.482. The third-order valence-corrected chi connectivity index (χ3v) is 5.01. The fourth-order valence-corrected chi connectivity index (χ4v) is 3.26. The number of halogens is 2. The lowest BCUT2D eigenvalue weighted by Gasteiger charge is -2.13. The summed E-state index contributed by atoms with van der Waals surface area (Å²) < 4.78 is 0.931. The fraction of sp³-hybridized carbons (Fsp3) is 0.294. The summed E-state index contributed by atoms with van der Waals surface area (Å²) in [7, 11) is 1.69. The van der Waals surface area contributed by atoms with E-state index in [0.29, 0.717) is 12.5 Å². The standard InChI is InChI=1S/C17H21BrN4OS.HI/c1-11-4-5-13(18)8-14(11)22-16(23)10-21-17(19-3)20-9-15-12(2)6-7-24-15;/h4-8H,9-10H2,1-3H3,(H,22,23)(H2,19,20,21);1H. The number of aryl methyl sites for hydroxylation is 2. The van der Waals surface area contributed by atoms with Crippen molar-refractivity contribution in [2.45, 2.75) is 20.4 Å². The number of benzene rings is 1. The molecule has 0 saturated carbocycles. The van der Waals surface area contributed by atoms with Gasteiger partial charge in [-0.3, -0.25) is 9.79 Å². The number of guanidine groups is 1. The number of rotatable bonds is 5. The Kier molecular flexibility index (Phi) is 9.44. The maximum absolute atomic E-state index is 12.1. The van der Waals surface area contributed by atoms with Crippen LogP contribution in [0.4, 0.5) is 5.69 Å². The number of carbonyl (C=O) groups is 1. The fourth-order valence-electron chi connectivity index (χ4n) is 2.06. The van der Waals surface area contributed by atoms with Crippen molar-refractivity contribution >= 4 is 68.8 Å². The van der Waals surface area contributed by atoms with Gasteiger partial charge in [-0.1, -0.05) is 22.0 Å². The second-order valence-electron chi connectivity index (χ2n) is 5.31. The zero-order chi connectivity index (χ0) is 17.5. The topological polar surface area (TPSA) is 65.5 Å². The number of thiophene rings is 1. The molecule has 0 saturated heterocycles. The maximum atomic E-state index is 12.1. The Balaban J connectivity index is 0.00000312. The number of anilines is 1. The van der Waals surface area contributed by atoms with Crippen LogP contribution in [0, 0.1) is 13.8 Å². The summed E-state index contributed by atoms with van der Waals surface area (Å²) in [6, 6.07) is 7.88. The Morgan fingerprint density at radius 1 is 1.20 bits per heavy atom. The molecule has 1 aromatic heterocycles. The van der Waals surface area contributed by atoms with E-state index in [4.69, 9.17) is 0 Å². The summed E-state index contributed by atoms with van der Waals surface area (Å²) in [6.07, 6.45) is 0. The molecule has 0 aliphatic carbocycles. The molecule has 25 heavy (non-hydrogen) atoms. The van der Waals surface area contributed by atoms with Gasteiger partial charge in [-0.2, -0.15) is 0 Å². The molecular formula is C17H22BrIN4OS. The molecule has 2 rings (SSSR count). The number of nitrogens with one attached hydrogen (secondary N) is 3. The molecule has 0 radical (unpaired) electrons. The Hall–Kier alpha value is -1.13. The summed E-state index contributed by atoms with van der Waals surface area (Å²) in [5, 5.41) is 11.2. The lowest BCUT2D eigenvalue weighted by atomic mass is 10.2. The number of hydrogen-bond donors (Lipinski definition) is 3. The highest BCUT2D eigenvalue weighted by Gasteiger charge is 2.07. The Labute approximate surface area is 177 Å². The highest BCUT2D eigenvalue weighted by atomic mass is 127. The molecule has 0 unspecified atom stereocenters. The van der Waals surface area contributed by atoms with Crippen molar-refractivity contribution in [2.75, 3.05) is 18.9 Å². The molecule has 3 N–H and O–H groups in total. The molecule has 0 aliphatic heterocycles. The van der Waals surface area contributed by atoms with Crippen LogP contribution in [-0.4, -0.2) is 25.5 Å². The second kappa shape index (κ2) is 10.8. The average Bonchev–Trinajstić information content (AvgIpc) is 2.96. The SMILES string of the molecule is CN=C(NCC(=O)Nc1cc(Br)ccc1C)NCc1sccc1C.I. The maximum Gasteiger partial charge on any atom is 0.243 e. The molecule has 0 bridgehead atoms. The van der Waals surface area contributed by atoms with Gasteiger partial charge in [-0.25, -0.2) is 0 Å². The van der Waals surface area contributed by atoms with Crippen molar-refractivity contribution in [3.8, 4) is 0 Å². The summed E-state index contributed by atoms with van der Waals surface area (Å²) in [6.45, 7) is 4.88. The molecule has 0 fully saturated rings. The minimum absolute atomic E-state index is 0. The quantitative estimate of drug-likeness (QED) is 0.307. The number of carbonyl (C=O) groups excluding carboxylic acids is 1. The highest BCUT2D eigenvalue weighted by Crippen LogP contribution is 2.20. The van der Waals surface area contributed by atoms with Crippen LogP contribution in [0.3, 0.4) is 0 Å². The summed E-state index contributed by atoms with van der Waals surface area (Å²) >= 11 is 5.11. The zero-order valence-electron chi connectivity index (χ0n) is 14.4. The Bertz CT molecular complexity index is 748.